The van der Waals surface area contributed by atoms with E-state index in [1.807, 2.05) is 6.92 Å². The van der Waals surface area contributed by atoms with Gasteiger partial charge in [-0.2, -0.15) is 0 Å². The third kappa shape index (κ3) is 3.79. The monoisotopic (exact) mass is 299 g/mol. The van der Waals surface area contributed by atoms with Crippen LogP contribution >= 0.6 is 0 Å². The molecule has 1 aromatic carbocycles. The SMILES string of the molecule is CC1CC(NS(=O)(=O)c2ccc(C(C)O)cc2)CCO1. The molecule has 0 aliphatic carbocycles. The zero-order valence-electron chi connectivity index (χ0n) is 11.7. The lowest BCUT2D eigenvalue weighted by Gasteiger charge is -2.27. The van der Waals surface area contributed by atoms with Crippen LogP contribution in [0.4, 0.5) is 0 Å². The highest BCUT2D eigenvalue weighted by atomic mass is 32.2. The highest BCUT2D eigenvalue weighted by molar-refractivity contribution is 7.89. The quantitative estimate of drug-likeness (QED) is 0.885. The molecule has 0 saturated carbocycles. The summed E-state index contributed by atoms with van der Waals surface area (Å²) in [7, 11) is -3.51. The van der Waals surface area contributed by atoms with Gasteiger partial charge in [-0.1, -0.05) is 12.1 Å². The number of sulfonamides is 1. The lowest BCUT2D eigenvalue weighted by Crippen LogP contribution is -2.41. The molecule has 6 heteroatoms. The maximum Gasteiger partial charge on any atom is 0.240 e. The fourth-order valence-corrected chi connectivity index (χ4v) is 3.60. The minimum atomic E-state index is -3.51. The van der Waals surface area contributed by atoms with E-state index in [2.05, 4.69) is 4.72 Å². The molecule has 2 N–H and O–H groups in total. The molecule has 2 rings (SSSR count). The lowest BCUT2D eigenvalue weighted by atomic mass is 10.1. The molecule has 0 spiro atoms. The number of hydrogen-bond acceptors (Lipinski definition) is 4. The average Bonchev–Trinajstić information content (AvgIpc) is 2.38. The minimum absolute atomic E-state index is 0.0778. The molecule has 112 valence electrons. The molecule has 1 fully saturated rings. The van der Waals surface area contributed by atoms with E-state index in [9.17, 15) is 13.5 Å². The summed E-state index contributed by atoms with van der Waals surface area (Å²) in [6, 6.07) is 6.22. The van der Waals surface area contributed by atoms with E-state index in [1.54, 1.807) is 19.1 Å². The highest BCUT2D eigenvalue weighted by Crippen LogP contribution is 2.19. The van der Waals surface area contributed by atoms with Crippen LogP contribution in [-0.4, -0.2) is 32.3 Å². The van der Waals surface area contributed by atoms with Crippen LogP contribution in [0.3, 0.4) is 0 Å². The van der Waals surface area contributed by atoms with Crippen LogP contribution in [0, 0.1) is 0 Å². The summed E-state index contributed by atoms with van der Waals surface area (Å²) in [5, 5.41) is 9.43. The molecule has 0 radical (unpaired) electrons. The number of hydrogen-bond donors (Lipinski definition) is 2. The van der Waals surface area contributed by atoms with Crippen molar-refractivity contribution in [3.8, 4) is 0 Å². The second-order valence-electron chi connectivity index (χ2n) is 5.27. The predicted molar refractivity (Wildman–Crippen MR) is 75.8 cm³/mol. The van der Waals surface area contributed by atoms with Crippen LogP contribution in [0.5, 0.6) is 0 Å². The number of benzene rings is 1. The first-order valence-corrected chi connectivity index (χ1v) is 8.29. The van der Waals surface area contributed by atoms with Gasteiger partial charge in [0.05, 0.1) is 17.1 Å². The van der Waals surface area contributed by atoms with E-state index in [1.165, 1.54) is 12.1 Å². The molecule has 0 aromatic heterocycles. The van der Waals surface area contributed by atoms with Crippen LogP contribution in [0.15, 0.2) is 29.2 Å². The summed E-state index contributed by atoms with van der Waals surface area (Å²) in [5.74, 6) is 0. The molecular weight excluding hydrogens is 278 g/mol. The van der Waals surface area contributed by atoms with Crippen molar-refractivity contribution in [2.75, 3.05) is 6.61 Å². The summed E-state index contributed by atoms with van der Waals surface area (Å²) in [6.45, 7) is 4.17. The van der Waals surface area contributed by atoms with Crippen LogP contribution < -0.4 is 4.72 Å². The molecular formula is C14H21NO4S. The topological polar surface area (TPSA) is 75.6 Å². The van der Waals surface area contributed by atoms with Crippen molar-refractivity contribution >= 4 is 10.0 Å². The lowest BCUT2D eigenvalue weighted by molar-refractivity contribution is 0.0173. The normalized spacial score (nSPS) is 25.4. The molecule has 20 heavy (non-hydrogen) atoms. The van der Waals surface area contributed by atoms with Crippen molar-refractivity contribution in [3.05, 3.63) is 29.8 Å². The van der Waals surface area contributed by atoms with Crippen LogP contribution in [0.1, 0.15) is 38.4 Å². The molecule has 0 bridgehead atoms. The molecule has 5 nitrogen and oxygen atoms in total. The number of ether oxygens (including phenoxy) is 1. The van der Waals surface area contributed by atoms with Gasteiger partial charge >= 0.3 is 0 Å². The van der Waals surface area contributed by atoms with Gasteiger partial charge in [-0.05, 0) is 44.4 Å². The first kappa shape index (κ1) is 15.4. The highest BCUT2D eigenvalue weighted by Gasteiger charge is 2.25. The molecule has 0 amide bonds. The van der Waals surface area contributed by atoms with Gasteiger partial charge in [0.15, 0.2) is 0 Å². The van der Waals surface area contributed by atoms with Crippen LogP contribution in [0.2, 0.25) is 0 Å². The van der Waals surface area contributed by atoms with Crippen LogP contribution in [-0.2, 0) is 14.8 Å². The Labute approximate surface area is 120 Å². The molecule has 3 unspecified atom stereocenters. The van der Waals surface area contributed by atoms with Gasteiger partial charge in [0.2, 0.25) is 10.0 Å². The summed E-state index contributed by atoms with van der Waals surface area (Å²) in [5.41, 5.74) is 0.698. The molecule has 1 saturated heterocycles. The number of rotatable bonds is 4. The predicted octanol–water partition coefficient (Wildman–Crippen LogP) is 1.59. The van der Waals surface area contributed by atoms with Crippen molar-refractivity contribution in [1.29, 1.82) is 0 Å². The standard InChI is InChI=1S/C14H21NO4S/c1-10-9-13(7-8-19-10)15-20(17,18)14-5-3-12(4-6-14)11(2)16/h3-6,10-11,13,15-16H,7-9H2,1-2H3. The van der Waals surface area contributed by atoms with Gasteiger partial charge in [0.25, 0.3) is 0 Å². The zero-order valence-corrected chi connectivity index (χ0v) is 12.6. The zero-order chi connectivity index (χ0) is 14.8. The maximum absolute atomic E-state index is 12.3. The van der Waals surface area contributed by atoms with Crippen molar-refractivity contribution in [2.24, 2.45) is 0 Å². The molecule has 1 heterocycles. The maximum atomic E-state index is 12.3. The van der Waals surface area contributed by atoms with Gasteiger partial charge in [0.1, 0.15) is 0 Å². The third-order valence-corrected chi connectivity index (χ3v) is 5.02. The van der Waals surface area contributed by atoms with Gasteiger partial charge in [-0.25, -0.2) is 13.1 Å². The van der Waals surface area contributed by atoms with E-state index >= 15 is 0 Å². The van der Waals surface area contributed by atoms with Gasteiger partial charge in [0, 0.05) is 12.6 Å². The molecule has 1 aliphatic rings. The fourth-order valence-electron chi connectivity index (χ4n) is 2.32. The molecule has 3 atom stereocenters. The van der Waals surface area contributed by atoms with E-state index in [0.29, 0.717) is 25.0 Å². The Morgan fingerprint density at radius 2 is 2.00 bits per heavy atom. The van der Waals surface area contributed by atoms with E-state index in [0.717, 1.165) is 0 Å². The van der Waals surface area contributed by atoms with Gasteiger partial charge in [-0.15, -0.1) is 0 Å². The first-order chi connectivity index (χ1) is 9.38. The summed E-state index contributed by atoms with van der Waals surface area (Å²) in [4.78, 5) is 0.223. The van der Waals surface area contributed by atoms with Gasteiger partial charge in [-0.3, -0.25) is 0 Å². The Morgan fingerprint density at radius 1 is 1.35 bits per heavy atom. The number of aliphatic hydroxyl groups excluding tert-OH is 1. The summed E-state index contributed by atoms with van der Waals surface area (Å²) in [6.07, 6.45) is 0.852. The van der Waals surface area contributed by atoms with Crippen molar-refractivity contribution in [3.63, 3.8) is 0 Å². The first-order valence-electron chi connectivity index (χ1n) is 6.80. The third-order valence-electron chi connectivity index (χ3n) is 3.48. The van der Waals surface area contributed by atoms with Crippen molar-refractivity contribution < 1.29 is 18.3 Å². The second-order valence-corrected chi connectivity index (χ2v) is 6.98. The molecule has 1 aromatic rings. The van der Waals surface area contributed by atoms with E-state index < -0.39 is 16.1 Å². The summed E-state index contributed by atoms with van der Waals surface area (Å²) < 4.78 is 32.7. The Kier molecular flexibility index (Phi) is 4.80. The van der Waals surface area contributed by atoms with Crippen molar-refractivity contribution in [1.82, 2.24) is 4.72 Å². The largest absolute Gasteiger partial charge is 0.389 e. The Hall–Kier alpha value is -0.950. The average molecular weight is 299 g/mol. The minimum Gasteiger partial charge on any atom is -0.389 e. The van der Waals surface area contributed by atoms with E-state index in [-0.39, 0.29) is 17.0 Å². The smallest absolute Gasteiger partial charge is 0.240 e. The van der Waals surface area contributed by atoms with E-state index in [4.69, 9.17) is 4.74 Å². The Balaban J connectivity index is 2.09. The summed E-state index contributed by atoms with van der Waals surface area (Å²) >= 11 is 0. The molecule has 1 aliphatic heterocycles. The number of nitrogens with one attached hydrogen (secondary N) is 1. The Bertz CT molecular complexity index is 539. The number of aliphatic hydroxyl groups is 1. The van der Waals surface area contributed by atoms with Crippen LogP contribution in [0.25, 0.3) is 0 Å². The Morgan fingerprint density at radius 3 is 2.55 bits per heavy atom. The van der Waals surface area contributed by atoms with Gasteiger partial charge < -0.3 is 9.84 Å². The van der Waals surface area contributed by atoms with Crippen molar-refractivity contribution in [2.45, 2.75) is 49.8 Å². The fraction of sp³-hybridized carbons (Fsp3) is 0.571. The second kappa shape index (κ2) is 6.22.